The maximum absolute atomic E-state index is 10.9. The standard InChI is InChI=1S/C14H15NO3/c1-10-5-4-7-15-8-6-12(13(10)15)11(2)9-18-14(16)17-3/h4-8H,2,9H2,1,3H3. The molecule has 0 aliphatic heterocycles. The average Bonchev–Trinajstić information content (AvgIpc) is 2.81. The van der Waals surface area contributed by atoms with E-state index in [0.717, 1.165) is 22.2 Å². The summed E-state index contributed by atoms with van der Waals surface area (Å²) in [5.74, 6) is 0. The first-order valence-corrected chi connectivity index (χ1v) is 5.58. The summed E-state index contributed by atoms with van der Waals surface area (Å²) >= 11 is 0. The molecular formula is C14H15NO3. The Labute approximate surface area is 105 Å². The van der Waals surface area contributed by atoms with Crippen molar-refractivity contribution in [2.24, 2.45) is 0 Å². The monoisotopic (exact) mass is 245 g/mol. The van der Waals surface area contributed by atoms with Crippen LogP contribution in [-0.2, 0) is 9.47 Å². The summed E-state index contributed by atoms with van der Waals surface area (Å²) in [5.41, 5.74) is 3.96. The Morgan fingerprint density at radius 2 is 2.17 bits per heavy atom. The topological polar surface area (TPSA) is 39.9 Å². The molecule has 18 heavy (non-hydrogen) atoms. The van der Waals surface area contributed by atoms with Gasteiger partial charge in [0.25, 0.3) is 0 Å². The van der Waals surface area contributed by atoms with Crippen molar-refractivity contribution in [2.45, 2.75) is 6.92 Å². The SMILES string of the molecule is C=C(COC(=O)OC)c1ccn2cccc(C)c12. The third-order valence-corrected chi connectivity index (χ3v) is 2.79. The van der Waals surface area contributed by atoms with Crippen molar-refractivity contribution in [1.29, 1.82) is 0 Å². The fourth-order valence-corrected chi connectivity index (χ4v) is 1.91. The van der Waals surface area contributed by atoms with Crippen LogP contribution in [0.3, 0.4) is 0 Å². The molecule has 0 aromatic carbocycles. The summed E-state index contributed by atoms with van der Waals surface area (Å²) in [7, 11) is 1.28. The zero-order chi connectivity index (χ0) is 13.1. The first-order valence-electron chi connectivity index (χ1n) is 5.58. The molecule has 4 nitrogen and oxygen atoms in total. The number of carbonyl (C=O) groups excluding carboxylic acids is 1. The zero-order valence-electron chi connectivity index (χ0n) is 10.5. The van der Waals surface area contributed by atoms with Gasteiger partial charge in [0.05, 0.1) is 12.6 Å². The van der Waals surface area contributed by atoms with Gasteiger partial charge in [0.2, 0.25) is 0 Å². The number of aryl methyl sites for hydroxylation is 1. The number of rotatable bonds is 3. The first-order chi connectivity index (χ1) is 8.63. The highest BCUT2D eigenvalue weighted by molar-refractivity contribution is 5.81. The summed E-state index contributed by atoms with van der Waals surface area (Å²) in [6.07, 6.45) is 3.23. The number of methoxy groups -OCH3 is 1. The van der Waals surface area contributed by atoms with Gasteiger partial charge in [0, 0.05) is 18.0 Å². The number of nitrogens with zero attached hydrogens (tertiary/aromatic N) is 1. The third-order valence-electron chi connectivity index (χ3n) is 2.79. The molecule has 0 saturated heterocycles. The molecule has 0 spiro atoms. The van der Waals surface area contributed by atoms with Crippen molar-refractivity contribution in [3.05, 3.63) is 48.3 Å². The van der Waals surface area contributed by atoms with Gasteiger partial charge in [-0.05, 0) is 30.2 Å². The number of hydrogen-bond acceptors (Lipinski definition) is 3. The molecule has 4 heteroatoms. The number of ether oxygens (including phenoxy) is 2. The van der Waals surface area contributed by atoms with Crippen molar-refractivity contribution in [3.63, 3.8) is 0 Å². The minimum Gasteiger partial charge on any atom is -0.438 e. The molecule has 0 unspecified atom stereocenters. The summed E-state index contributed by atoms with van der Waals surface area (Å²) in [4.78, 5) is 10.9. The molecule has 0 amide bonds. The second-order valence-electron chi connectivity index (χ2n) is 4.02. The first kappa shape index (κ1) is 12.2. The molecule has 0 bridgehead atoms. The Bertz CT molecular complexity index is 598. The van der Waals surface area contributed by atoms with E-state index in [4.69, 9.17) is 4.74 Å². The van der Waals surface area contributed by atoms with Gasteiger partial charge in [0.1, 0.15) is 6.61 Å². The summed E-state index contributed by atoms with van der Waals surface area (Å²) in [6, 6.07) is 5.98. The Hall–Kier alpha value is -2.23. The Morgan fingerprint density at radius 1 is 1.39 bits per heavy atom. The number of hydrogen-bond donors (Lipinski definition) is 0. The van der Waals surface area contributed by atoms with Crippen LogP contribution in [0.4, 0.5) is 4.79 Å². The largest absolute Gasteiger partial charge is 0.508 e. The Balaban J connectivity index is 2.26. The molecule has 2 aromatic heterocycles. The van der Waals surface area contributed by atoms with Crippen molar-refractivity contribution in [3.8, 4) is 0 Å². The molecule has 0 saturated carbocycles. The van der Waals surface area contributed by atoms with E-state index >= 15 is 0 Å². The molecule has 0 aliphatic rings. The van der Waals surface area contributed by atoms with E-state index in [1.807, 2.05) is 41.9 Å². The minimum atomic E-state index is -0.698. The van der Waals surface area contributed by atoms with Crippen LogP contribution < -0.4 is 0 Å². The highest BCUT2D eigenvalue weighted by atomic mass is 16.7. The van der Waals surface area contributed by atoms with Gasteiger partial charge >= 0.3 is 6.16 Å². The van der Waals surface area contributed by atoms with Crippen LogP contribution >= 0.6 is 0 Å². The third kappa shape index (κ3) is 2.22. The van der Waals surface area contributed by atoms with Gasteiger partial charge in [-0.15, -0.1) is 0 Å². The molecule has 94 valence electrons. The molecule has 0 N–H and O–H groups in total. The fraction of sp³-hybridized carbons (Fsp3) is 0.214. The highest BCUT2D eigenvalue weighted by Crippen LogP contribution is 2.23. The second-order valence-corrected chi connectivity index (χ2v) is 4.02. The van der Waals surface area contributed by atoms with Crippen LogP contribution in [-0.4, -0.2) is 24.3 Å². The predicted octanol–water partition coefficient (Wildman–Crippen LogP) is 3.04. The molecule has 2 heterocycles. The molecule has 0 atom stereocenters. The predicted molar refractivity (Wildman–Crippen MR) is 69.5 cm³/mol. The quantitative estimate of drug-likeness (QED) is 0.780. The maximum atomic E-state index is 10.9. The van der Waals surface area contributed by atoms with Crippen molar-refractivity contribution < 1.29 is 14.3 Å². The number of fused-ring (bicyclic) bond motifs is 1. The maximum Gasteiger partial charge on any atom is 0.508 e. The van der Waals surface area contributed by atoms with E-state index < -0.39 is 6.16 Å². The van der Waals surface area contributed by atoms with Gasteiger partial charge < -0.3 is 13.9 Å². The lowest BCUT2D eigenvalue weighted by Gasteiger charge is -2.07. The van der Waals surface area contributed by atoms with Crippen LogP contribution in [0.25, 0.3) is 11.1 Å². The van der Waals surface area contributed by atoms with E-state index in [2.05, 4.69) is 11.3 Å². The van der Waals surface area contributed by atoms with Crippen LogP contribution in [0.15, 0.2) is 37.2 Å². The van der Waals surface area contributed by atoms with E-state index in [-0.39, 0.29) is 6.61 Å². The number of pyridine rings is 1. The molecule has 0 radical (unpaired) electrons. The minimum absolute atomic E-state index is 0.126. The van der Waals surface area contributed by atoms with E-state index in [1.165, 1.54) is 7.11 Å². The van der Waals surface area contributed by atoms with Crippen LogP contribution in [0.2, 0.25) is 0 Å². The second kappa shape index (κ2) is 4.96. The molecule has 2 rings (SSSR count). The van der Waals surface area contributed by atoms with Crippen molar-refractivity contribution in [1.82, 2.24) is 4.40 Å². The normalized spacial score (nSPS) is 10.3. The van der Waals surface area contributed by atoms with Crippen molar-refractivity contribution >= 4 is 17.2 Å². The molecular weight excluding hydrogens is 230 g/mol. The van der Waals surface area contributed by atoms with Crippen LogP contribution in [0.1, 0.15) is 11.1 Å². The van der Waals surface area contributed by atoms with Crippen LogP contribution in [0, 0.1) is 6.92 Å². The van der Waals surface area contributed by atoms with Crippen molar-refractivity contribution in [2.75, 3.05) is 13.7 Å². The average molecular weight is 245 g/mol. The van der Waals surface area contributed by atoms with Gasteiger partial charge in [-0.1, -0.05) is 12.6 Å². The molecule has 0 fully saturated rings. The number of carbonyl (C=O) groups is 1. The van der Waals surface area contributed by atoms with Gasteiger partial charge in [-0.2, -0.15) is 0 Å². The molecule has 0 aliphatic carbocycles. The Morgan fingerprint density at radius 3 is 2.89 bits per heavy atom. The van der Waals surface area contributed by atoms with E-state index in [1.54, 1.807) is 0 Å². The fourth-order valence-electron chi connectivity index (χ4n) is 1.91. The highest BCUT2D eigenvalue weighted by Gasteiger charge is 2.10. The smallest absolute Gasteiger partial charge is 0.438 e. The van der Waals surface area contributed by atoms with Gasteiger partial charge in [0.15, 0.2) is 0 Å². The number of aromatic nitrogens is 1. The lowest BCUT2D eigenvalue weighted by atomic mass is 10.1. The van der Waals surface area contributed by atoms with Crippen LogP contribution in [0.5, 0.6) is 0 Å². The Kier molecular flexibility index (Phi) is 3.37. The molecule has 2 aromatic rings. The lowest BCUT2D eigenvalue weighted by Crippen LogP contribution is -2.06. The van der Waals surface area contributed by atoms with Gasteiger partial charge in [-0.25, -0.2) is 4.79 Å². The summed E-state index contributed by atoms with van der Waals surface area (Å²) < 4.78 is 11.3. The lowest BCUT2D eigenvalue weighted by molar-refractivity contribution is 0.0833. The van der Waals surface area contributed by atoms with E-state index in [9.17, 15) is 4.79 Å². The zero-order valence-corrected chi connectivity index (χ0v) is 10.5. The summed E-state index contributed by atoms with van der Waals surface area (Å²) in [5, 5.41) is 0. The summed E-state index contributed by atoms with van der Waals surface area (Å²) in [6.45, 7) is 6.11. The van der Waals surface area contributed by atoms with Gasteiger partial charge in [-0.3, -0.25) is 0 Å². The van der Waals surface area contributed by atoms with E-state index in [0.29, 0.717) is 0 Å².